The minimum atomic E-state index is -0.671. The third-order valence-corrected chi connectivity index (χ3v) is 3.60. The van der Waals surface area contributed by atoms with Crippen molar-refractivity contribution in [2.24, 2.45) is 0 Å². The molecule has 3 aromatic rings. The Bertz CT molecular complexity index is 909. The van der Waals surface area contributed by atoms with Crippen LogP contribution in [0.2, 0.25) is 0 Å². The lowest BCUT2D eigenvalue weighted by Gasteiger charge is -2.15. The molecule has 0 unspecified atom stereocenters. The number of nitrogens with one attached hydrogen (secondary N) is 1. The smallest absolute Gasteiger partial charge is 0.265 e. The molecule has 0 radical (unpaired) electrons. The molecule has 118 valence electrons. The molecule has 1 heterocycles. The Hall–Kier alpha value is -3.39. The van der Waals surface area contributed by atoms with Gasteiger partial charge in [0.2, 0.25) is 0 Å². The Morgan fingerprint density at radius 2 is 2.00 bits per heavy atom. The van der Waals surface area contributed by atoms with Crippen molar-refractivity contribution in [3.8, 4) is 11.8 Å². The second kappa shape index (κ2) is 6.80. The van der Waals surface area contributed by atoms with Crippen molar-refractivity contribution in [3.63, 3.8) is 0 Å². The molecule has 0 spiro atoms. The molecule has 1 N–H and O–H groups in total. The van der Waals surface area contributed by atoms with Crippen molar-refractivity contribution in [2.45, 2.75) is 13.0 Å². The lowest BCUT2D eigenvalue weighted by Crippen LogP contribution is -2.30. The van der Waals surface area contributed by atoms with Gasteiger partial charge in [-0.3, -0.25) is 9.78 Å². The number of hydrogen-bond acceptors (Lipinski definition) is 4. The molecule has 1 atom stereocenters. The fraction of sp³-hybridized carbons (Fsp3) is 0.105. The van der Waals surface area contributed by atoms with Crippen LogP contribution in [0.3, 0.4) is 0 Å². The van der Waals surface area contributed by atoms with Gasteiger partial charge in [0.1, 0.15) is 5.75 Å². The SMILES string of the molecule is C[C@H](Oc1ccc(C#N)cc1)C(=O)Nc1cccc2cnccc12. The van der Waals surface area contributed by atoms with Gasteiger partial charge in [-0.1, -0.05) is 12.1 Å². The standard InChI is InChI=1S/C19H15N3O2/c1-13(24-16-7-5-14(11-20)6-8-16)19(23)22-18-4-2-3-15-12-21-10-9-17(15)18/h2-10,12-13H,1H3,(H,22,23)/t13-/m0/s1. The first-order chi connectivity index (χ1) is 11.7. The van der Waals surface area contributed by atoms with Gasteiger partial charge in [-0.15, -0.1) is 0 Å². The van der Waals surface area contributed by atoms with E-state index in [2.05, 4.69) is 10.3 Å². The van der Waals surface area contributed by atoms with Gasteiger partial charge in [0, 0.05) is 28.9 Å². The largest absolute Gasteiger partial charge is 0.481 e. The van der Waals surface area contributed by atoms with Gasteiger partial charge in [-0.2, -0.15) is 5.26 Å². The monoisotopic (exact) mass is 317 g/mol. The molecule has 2 aromatic carbocycles. The van der Waals surface area contributed by atoms with E-state index in [0.717, 1.165) is 16.5 Å². The fourth-order valence-corrected chi connectivity index (χ4v) is 2.33. The molecule has 0 aliphatic heterocycles. The lowest BCUT2D eigenvalue weighted by atomic mass is 10.1. The number of amides is 1. The number of carbonyl (C=O) groups excluding carboxylic acids is 1. The molecule has 0 saturated carbocycles. The highest BCUT2D eigenvalue weighted by atomic mass is 16.5. The number of carbonyl (C=O) groups is 1. The zero-order valence-corrected chi connectivity index (χ0v) is 13.1. The molecule has 24 heavy (non-hydrogen) atoms. The Kier molecular flexibility index (Phi) is 4.39. The maximum atomic E-state index is 12.4. The summed E-state index contributed by atoms with van der Waals surface area (Å²) in [6.45, 7) is 1.68. The summed E-state index contributed by atoms with van der Waals surface area (Å²) in [4.78, 5) is 16.5. The molecule has 0 aliphatic rings. The molecule has 0 saturated heterocycles. The van der Waals surface area contributed by atoms with Crippen molar-refractivity contribution in [1.29, 1.82) is 5.26 Å². The molecular weight excluding hydrogens is 302 g/mol. The van der Waals surface area contributed by atoms with Gasteiger partial charge in [0.15, 0.2) is 6.10 Å². The maximum absolute atomic E-state index is 12.4. The van der Waals surface area contributed by atoms with E-state index in [1.54, 1.807) is 43.6 Å². The van der Waals surface area contributed by atoms with E-state index < -0.39 is 6.10 Å². The number of anilines is 1. The summed E-state index contributed by atoms with van der Waals surface area (Å²) in [6, 6.07) is 16.2. The minimum absolute atomic E-state index is 0.247. The molecule has 0 aliphatic carbocycles. The zero-order valence-electron chi connectivity index (χ0n) is 13.1. The van der Waals surface area contributed by atoms with Crippen molar-refractivity contribution < 1.29 is 9.53 Å². The van der Waals surface area contributed by atoms with Crippen LogP contribution in [0.4, 0.5) is 5.69 Å². The van der Waals surface area contributed by atoms with E-state index in [9.17, 15) is 4.79 Å². The number of hydrogen-bond donors (Lipinski definition) is 1. The third-order valence-electron chi connectivity index (χ3n) is 3.60. The third kappa shape index (κ3) is 3.33. The number of aromatic nitrogens is 1. The highest BCUT2D eigenvalue weighted by Gasteiger charge is 2.16. The number of fused-ring (bicyclic) bond motifs is 1. The van der Waals surface area contributed by atoms with Crippen LogP contribution in [0.1, 0.15) is 12.5 Å². The number of pyridine rings is 1. The van der Waals surface area contributed by atoms with E-state index in [1.807, 2.05) is 30.3 Å². The summed E-state index contributed by atoms with van der Waals surface area (Å²) in [5, 5.41) is 13.6. The van der Waals surface area contributed by atoms with Gasteiger partial charge in [-0.25, -0.2) is 0 Å². The van der Waals surface area contributed by atoms with Gasteiger partial charge < -0.3 is 10.1 Å². The summed E-state index contributed by atoms with van der Waals surface area (Å²) < 4.78 is 5.63. The number of ether oxygens (including phenoxy) is 1. The Morgan fingerprint density at radius 3 is 2.75 bits per heavy atom. The maximum Gasteiger partial charge on any atom is 0.265 e. The second-order valence-electron chi connectivity index (χ2n) is 5.29. The van der Waals surface area contributed by atoms with Gasteiger partial charge in [0.25, 0.3) is 5.91 Å². The number of benzene rings is 2. The average Bonchev–Trinajstić information content (AvgIpc) is 2.62. The summed E-state index contributed by atoms with van der Waals surface area (Å²) in [7, 11) is 0. The van der Waals surface area contributed by atoms with Gasteiger partial charge >= 0.3 is 0 Å². The lowest BCUT2D eigenvalue weighted by molar-refractivity contribution is -0.122. The topological polar surface area (TPSA) is 75.0 Å². The Balaban J connectivity index is 1.72. The van der Waals surface area contributed by atoms with E-state index in [1.165, 1.54) is 0 Å². The molecule has 0 fully saturated rings. The van der Waals surface area contributed by atoms with E-state index >= 15 is 0 Å². The average molecular weight is 317 g/mol. The van der Waals surface area contributed by atoms with Crippen LogP contribution in [0, 0.1) is 11.3 Å². The molecule has 0 bridgehead atoms. The van der Waals surface area contributed by atoms with Crippen LogP contribution in [-0.2, 0) is 4.79 Å². The number of rotatable bonds is 4. The van der Waals surface area contributed by atoms with Crippen molar-refractivity contribution in [1.82, 2.24) is 4.98 Å². The van der Waals surface area contributed by atoms with E-state index in [4.69, 9.17) is 10.00 Å². The minimum Gasteiger partial charge on any atom is -0.481 e. The zero-order chi connectivity index (χ0) is 16.9. The van der Waals surface area contributed by atoms with Crippen molar-refractivity contribution in [3.05, 3.63) is 66.5 Å². The quantitative estimate of drug-likeness (QED) is 0.799. The van der Waals surface area contributed by atoms with Crippen LogP contribution in [-0.4, -0.2) is 17.0 Å². The first-order valence-corrected chi connectivity index (χ1v) is 7.48. The highest BCUT2D eigenvalue weighted by molar-refractivity contribution is 6.03. The predicted molar refractivity (Wildman–Crippen MR) is 91.6 cm³/mol. The number of nitrogens with zero attached hydrogens (tertiary/aromatic N) is 2. The second-order valence-corrected chi connectivity index (χ2v) is 5.29. The van der Waals surface area contributed by atoms with Gasteiger partial charge in [-0.05, 0) is 43.3 Å². The Morgan fingerprint density at radius 1 is 1.21 bits per heavy atom. The summed E-state index contributed by atoms with van der Waals surface area (Å²) in [5.41, 5.74) is 1.26. The summed E-state index contributed by atoms with van der Waals surface area (Å²) >= 11 is 0. The number of nitriles is 1. The highest BCUT2D eigenvalue weighted by Crippen LogP contribution is 2.22. The van der Waals surface area contributed by atoms with Crippen LogP contribution >= 0.6 is 0 Å². The van der Waals surface area contributed by atoms with Crippen molar-refractivity contribution in [2.75, 3.05) is 5.32 Å². The molecular formula is C19H15N3O2. The molecule has 5 nitrogen and oxygen atoms in total. The summed E-state index contributed by atoms with van der Waals surface area (Å²) in [6.07, 6.45) is 2.77. The molecule has 1 aromatic heterocycles. The van der Waals surface area contributed by atoms with Crippen LogP contribution in [0.25, 0.3) is 10.8 Å². The fourth-order valence-electron chi connectivity index (χ4n) is 2.33. The first kappa shape index (κ1) is 15.5. The normalized spacial score (nSPS) is 11.5. The predicted octanol–water partition coefficient (Wildman–Crippen LogP) is 3.51. The van der Waals surface area contributed by atoms with Crippen LogP contribution in [0.5, 0.6) is 5.75 Å². The molecule has 3 rings (SSSR count). The van der Waals surface area contributed by atoms with Crippen molar-refractivity contribution >= 4 is 22.4 Å². The molecule has 5 heteroatoms. The van der Waals surface area contributed by atoms with E-state index in [-0.39, 0.29) is 5.91 Å². The van der Waals surface area contributed by atoms with Gasteiger partial charge in [0.05, 0.1) is 11.6 Å². The first-order valence-electron chi connectivity index (χ1n) is 7.48. The molecule has 1 amide bonds. The summed E-state index contributed by atoms with van der Waals surface area (Å²) in [5.74, 6) is 0.294. The van der Waals surface area contributed by atoms with Crippen LogP contribution in [0.15, 0.2) is 60.9 Å². The van der Waals surface area contributed by atoms with E-state index in [0.29, 0.717) is 11.3 Å². The Labute approximate surface area is 139 Å². The van der Waals surface area contributed by atoms with Crippen LogP contribution < -0.4 is 10.1 Å².